The van der Waals surface area contributed by atoms with Gasteiger partial charge >= 0.3 is 0 Å². The Bertz CT molecular complexity index is 687. The first-order chi connectivity index (χ1) is 12.7. The number of amides is 2. The van der Waals surface area contributed by atoms with Crippen LogP contribution in [0.5, 0.6) is 0 Å². The zero-order valence-electron chi connectivity index (χ0n) is 18.1. The van der Waals surface area contributed by atoms with Gasteiger partial charge in [-0.25, -0.2) is 0 Å². The summed E-state index contributed by atoms with van der Waals surface area (Å²) in [6.45, 7) is 12.4. The average molecular weight is 393 g/mol. The van der Waals surface area contributed by atoms with Gasteiger partial charge in [-0.15, -0.1) is 0 Å². The van der Waals surface area contributed by atoms with E-state index >= 15 is 0 Å². The summed E-state index contributed by atoms with van der Waals surface area (Å²) in [5.74, 6) is -0.390. The molecule has 158 valence electrons. The van der Waals surface area contributed by atoms with Gasteiger partial charge in [0, 0.05) is 0 Å². The number of nitrogens with one attached hydrogen (secondary N) is 2. The second-order valence-electron chi connectivity index (χ2n) is 11.6. The van der Waals surface area contributed by atoms with E-state index in [4.69, 9.17) is 0 Å². The molecule has 0 heterocycles. The highest BCUT2D eigenvalue weighted by molar-refractivity contribution is 5.90. The van der Waals surface area contributed by atoms with E-state index < -0.39 is 23.0 Å². The lowest BCUT2D eigenvalue weighted by Gasteiger charge is -2.41. The normalized spacial score (nSPS) is 50.0. The van der Waals surface area contributed by atoms with E-state index in [0.29, 0.717) is 12.8 Å². The Morgan fingerprint density at radius 1 is 0.679 bits per heavy atom. The quantitative estimate of drug-likeness (QED) is 0.542. The number of aliphatic hydroxyl groups is 2. The minimum atomic E-state index is -0.666. The smallest absolute Gasteiger partial charge is 0.245 e. The van der Waals surface area contributed by atoms with Crippen LogP contribution in [0.2, 0.25) is 0 Å². The average Bonchev–Trinajstić information content (AvgIpc) is 3.07. The van der Waals surface area contributed by atoms with Crippen molar-refractivity contribution in [2.75, 3.05) is 0 Å². The number of hydrogen-bond donors (Lipinski definition) is 4. The van der Waals surface area contributed by atoms with Gasteiger partial charge in [0.25, 0.3) is 0 Å². The lowest BCUT2D eigenvalue weighted by Crippen LogP contribution is -2.56. The monoisotopic (exact) mass is 392 g/mol. The van der Waals surface area contributed by atoms with Crippen molar-refractivity contribution < 1.29 is 19.8 Å². The van der Waals surface area contributed by atoms with Gasteiger partial charge in [-0.2, -0.15) is 0 Å². The van der Waals surface area contributed by atoms with Gasteiger partial charge in [-0.3, -0.25) is 20.4 Å². The minimum Gasteiger partial charge on any atom is -0.393 e. The molecule has 0 aliphatic heterocycles. The first-order valence-corrected chi connectivity index (χ1v) is 10.7. The third-order valence-corrected chi connectivity index (χ3v) is 11.1. The Labute approximate surface area is 167 Å². The molecule has 4 aliphatic rings. The molecule has 4 fully saturated rings. The third-order valence-electron chi connectivity index (χ3n) is 11.1. The molecule has 0 saturated heterocycles. The van der Waals surface area contributed by atoms with Crippen LogP contribution < -0.4 is 10.9 Å². The maximum atomic E-state index is 13.3. The van der Waals surface area contributed by atoms with Crippen LogP contribution in [-0.4, -0.2) is 34.2 Å². The molecule has 4 saturated carbocycles. The maximum Gasteiger partial charge on any atom is 0.245 e. The topological polar surface area (TPSA) is 98.7 Å². The van der Waals surface area contributed by atoms with Gasteiger partial charge < -0.3 is 10.2 Å². The van der Waals surface area contributed by atoms with E-state index in [1.54, 1.807) is 0 Å². The third kappa shape index (κ3) is 1.83. The van der Waals surface area contributed by atoms with Crippen molar-refractivity contribution in [2.24, 2.45) is 32.5 Å². The van der Waals surface area contributed by atoms with E-state index in [0.717, 1.165) is 25.7 Å². The first kappa shape index (κ1) is 20.1. The molecule has 0 unspecified atom stereocenters. The van der Waals surface area contributed by atoms with Gasteiger partial charge in [0.1, 0.15) is 0 Å². The molecule has 6 atom stereocenters. The molecule has 2 amide bonds. The molecule has 4 aliphatic carbocycles. The highest BCUT2D eigenvalue weighted by Crippen LogP contribution is 2.73. The predicted molar refractivity (Wildman–Crippen MR) is 105 cm³/mol. The van der Waals surface area contributed by atoms with Crippen molar-refractivity contribution >= 4 is 11.8 Å². The van der Waals surface area contributed by atoms with Gasteiger partial charge in [-0.05, 0) is 60.2 Å². The van der Waals surface area contributed by atoms with E-state index in [1.807, 2.05) is 0 Å². The van der Waals surface area contributed by atoms with Gasteiger partial charge in [0.05, 0.1) is 23.0 Å². The van der Waals surface area contributed by atoms with Crippen LogP contribution in [-0.2, 0) is 9.59 Å². The molecule has 4 bridgehead atoms. The number of carbonyl (C=O) groups is 2. The molecule has 4 N–H and O–H groups in total. The summed E-state index contributed by atoms with van der Waals surface area (Å²) < 4.78 is 0. The van der Waals surface area contributed by atoms with Gasteiger partial charge in [0.15, 0.2) is 0 Å². The molecular weight excluding hydrogens is 356 g/mol. The molecule has 6 nitrogen and oxygen atoms in total. The van der Waals surface area contributed by atoms with Crippen LogP contribution in [0.15, 0.2) is 0 Å². The second kappa shape index (κ2) is 5.31. The molecule has 0 aromatic rings. The SMILES string of the molecule is CC1(C)[C@@]2(C(=O)NNC(=O)[C@@]34CC[C@](C)([C@@H](O)C3)C4(C)C)CC[C@]1(C)[C@H](O)C2. The highest BCUT2D eigenvalue weighted by Gasteiger charge is 2.73. The number of fused-ring (bicyclic) bond motifs is 4. The van der Waals surface area contributed by atoms with Crippen molar-refractivity contribution in [1.82, 2.24) is 10.9 Å². The molecule has 0 radical (unpaired) electrons. The van der Waals surface area contributed by atoms with E-state index in [9.17, 15) is 19.8 Å². The van der Waals surface area contributed by atoms with Gasteiger partial charge in [0.2, 0.25) is 11.8 Å². The lowest BCUT2D eigenvalue weighted by atomic mass is 9.64. The molecule has 28 heavy (non-hydrogen) atoms. The fourth-order valence-corrected chi connectivity index (χ4v) is 7.61. The van der Waals surface area contributed by atoms with Crippen LogP contribution in [0, 0.1) is 32.5 Å². The fourth-order valence-electron chi connectivity index (χ4n) is 7.61. The van der Waals surface area contributed by atoms with Crippen molar-refractivity contribution in [3.05, 3.63) is 0 Å². The van der Waals surface area contributed by atoms with Gasteiger partial charge in [-0.1, -0.05) is 41.5 Å². The molecule has 0 aromatic carbocycles. The zero-order chi connectivity index (χ0) is 21.0. The lowest BCUT2D eigenvalue weighted by molar-refractivity contribution is -0.145. The summed E-state index contributed by atoms with van der Waals surface area (Å²) in [5, 5.41) is 21.2. The molecule has 0 aromatic heterocycles. The van der Waals surface area contributed by atoms with Crippen LogP contribution >= 0.6 is 0 Å². The summed E-state index contributed by atoms with van der Waals surface area (Å²) in [6, 6.07) is 0. The first-order valence-electron chi connectivity index (χ1n) is 10.7. The van der Waals surface area contributed by atoms with Crippen LogP contribution in [0.4, 0.5) is 0 Å². The number of carbonyl (C=O) groups excluding carboxylic acids is 2. The van der Waals surface area contributed by atoms with Crippen molar-refractivity contribution in [3.63, 3.8) is 0 Å². The molecular formula is C22H36N2O4. The second-order valence-corrected chi connectivity index (χ2v) is 11.6. The number of aliphatic hydroxyl groups excluding tert-OH is 2. The Kier molecular flexibility index (Phi) is 3.82. The summed E-state index contributed by atoms with van der Waals surface area (Å²) in [7, 11) is 0. The number of rotatable bonds is 2. The Morgan fingerprint density at radius 2 is 1.00 bits per heavy atom. The van der Waals surface area contributed by atoms with Crippen molar-refractivity contribution in [3.8, 4) is 0 Å². The maximum absolute atomic E-state index is 13.3. The number of hydrogen-bond acceptors (Lipinski definition) is 4. The largest absolute Gasteiger partial charge is 0.393 e. The zero-order valence-corrected chi connectivity index (χ0v) is 18.1. The highest BCUT2D eigenvalue weighted by atomic mass is 16.3. The van der Waals surface area contributed by atoms with Crippen LogP contribution in [0.3, 0.4) is 0 Å². The summed E-state index contributed by atoms with van der Waals surface area (Å²) in [4.78, 5) is 26.5. The Hall–Kier alpha value is -1.14. The van der Waals surface area contributed by atoms with Crippen LogP contribution in [0.1, 0.15) is 80.1 Å². The minimum absolute atomic E-state index is 0.195. The summed E-state index contributed by atoms with van der Waals surface area (Å²) in [6.07, 6.45) is 2.93. The van der Waals surface area contributed by atoms with Crippen molar-refractivity contribution in [1.29, 1.82) is 0 Å². The van der Waals surface area contributed by atoms with E-state index in [-0.39, 0.29) is 33.5 Å². The summed E-state index contributed by atoms with van der Waals surface area (Å²) >= 11 is 0. The Balaban J connectivity index is 1.52. The fraction of sp³-hybridized carbons (Fsp3) is 0.909. The van der Waals surface area contributed by atoms with E-state index in [1.165, 1.54) is 0 Å². The number of hydrazine groups is 1. The Morgan fingerprint density at radius 3 is 1.21 bits per heavy atom. The molecule has 6 heteroatoms. The van der Waals surface area contributed by atoms with Crippen molar-refractivity contribution in [2.45, 2.75) is 92.3 Å². The van der Waals surface area contributed by atoms with Crippen LogP contribution in [0.25, 0.3) is 0 Å². The standard InChI is InChI=1S/C22H36N2O4/c1-17(2)19(5)7-9-21(17,11-13(19)25)15(27)23-24-16(28)22-10-8-20(6,14(26)12-22)18(22,3)4/h13-14,25-26H,7-12H2,1-6H3,(H,23,27)(H,24,28)/t13-,14+,19-,20-,21+,22-/m1/s1. The summed E-state index contributed by atoms with van der Waals surface area (Å²) in [5.41, 5.74) is 2.87. The molecule has 4 rings (SSSR count). The predicted octanol–water partition coefficient (Wildman–Crippen LogP) is 2.29. The molecule has 0 spiro atoms. The van der Waals surface area contributed by atoms with E-state index in [2.05, 4.69) is 52.4 Å².